The zero-order chi connectivity index (χ0) is 17.1. The summed E-state index contributed by atoms with van der Waals surface area (Å²) >= 11 is 0. The van der Waals surface area contributed by atoms with E-state index in [-0.39, 0.29) is 5.92 Å². The number of aryl methyl sites for hydroxylation is 1. The van der Waals surface area contributed by atoms with Crippen molar-refractivity contribution in [2.45, 2.75) is 12.8 Å². The van der Waals surface area contributed by atoms with Crippen molar-refractivity contribution < 1.29 is 5.11 Å². The molecule has 0 fully saturated rings. The molecule has 0 bridgehead atoms. The molecule has 0 aliphatic rings. The molecule has 1 unspecified atom stereocenters. The maximum atomic E-state index is 9.91. The Hall–Kier alpha value is -2.74. The molecule has 0 aliphatic heterocycles. The van der Waals surface area contributed by atoms with Crippen LogP contribution in [0.5, 0.6) is 5.75 Å². The summed E-state index contributed by atoms with van der Waals surface area (Å²) in [5.74, 6) is 0.406. The summed E-state index contributed by atoms with van der Waals surface area (Å²) in [5, 5.41) is 9.91. The van der Waals surface area contributed by atoms with Gasteiger partial charge in [0.25, 0.3) is 0 Å². The number of rotatable bonds is 4. The largest absolute Gasteiger partial charge is 0.508 e. The van der Waals surface area contributed by atoms with Crippen LogP contribution in [0, 0.1) is 6.92 Å². The van der Waals surface area contributed by atoms with Crippen molar-refractivity contribution in [3.05, 3.63) is 95.1 Å². The Morgan fingerprint density at radius 3 is 1.88 bits per heavy atom. The van der Waals surface area contributed by atoms with E-state index in [4.69, 9.17) is 0 Å². The molecule has 24 heavy (non-hydrogen) atoms. The average Bonchev–Trinajstić information content (AvgIpc) is 2.57. The SMILES string of the molecule is Cc1ccc(C(c2ccc(N(C)C)cc2)c2cccc(O)c2)cc1. The van der Waals surface area contributed by atoms with E-state index >= 15 is 0 Å². The van der Waals surface area contributed by atoms with Gasteiger partial charge in [0.1, 0.15) is 5.75 Å². The van der Waals surface area contributed by atoms with Crippen LogP contribution in [0.25, 0.3) is 0 Å². The summed E-state index contributed by atoms with van der Waals surface area (Å²) in [6.07, 6.45) is 0. The third-order valence-electron chi connectivity index (χ3n) is 4.36. The van der Waals surface area contributed by atoms with Crippen molar-refractivity contribution in [3.63, 3.8) is 0 Å². The summed E-state index contributed by atoms with van der Waals surface area (Å²) < 4.78 is 0. The molecular formula is C22H23NO. The molecule has 1 atom stereocenters. The highest BCUT2D eigenvalue weighted by molar-refractivity contribution is 5.51. The van der Waals surface area contributed by atoms with Crippen molar-refractivity contribution in [2.24, 2.45) is 0 Å². The second-order valence-electron chi connectivity index (χ2n) is 6.42. The van der Waals surface area contributed by atoms with Gasteiger partial charge in [0, 0.05) is 25.7 Å². The van der Waals surface area contributed by atoms with E-state index in [9.17, 15) is 5.11 Å². The van der Waals surface area contributed by atoms with Gasteiger partial charge in [0.2, 0.25) is 0 Å². The van der Waals surface area contributed by atoms with Crippen LogP contribution in [-0.2, 0) is 0 Å². The zero-order valence-electron chi connectivity index (χ0n) is 14.4. The number of nitrogens with zero attached hydrogens (tertiary/aromatic N) is 1. The van der Waals surface area contributed by atoms with E-state index in [1.807, 2.05) is 26.2 Å². The topological polar surface area (TPSA) is 23.5 Å². The third-order valence-corrected chi connectivity index (χ3v) is 4.36. The zero-order valence-corrected chi connectivity index (χ0v) is 14.4. The molecule has 1 N–H and O–H groups in total. The minimum atomic E-state index is 0.105. The summed E-state index contributed by atoms with van der Waals surface area (Å²) in [5.41, 5.74) is 5.96. The van der Waals surface area contributed by atoms with Gasteiger partial charge >= 0.3 is 0 Å². The summed E-state index contributed by atoms with van der Waals surface area (Å²) in [4.78, 5) is 2.10. The lowest BCUT2D eigenvalue weighted by atomic mass is 9.84. The van der Waals surface area contributed by atoms with Crippen LogP contribution >= 0.6 is 0 Å². The fourth-order valence-corrected chi connectivity index (χ4v) is 3.01. The highest BCUT2D eigenvalue weighted by Gasteiger charge is 2.17. The van der Waals surface area contributed by atoms with Gasteiger partial charge in [-0.2, -0.15) is 0 Å². The number of benzene rings is 3. The number of phenolic OH excluding ortho intramolecular Hbond substituents is 1. The number of hydrogen-bond acceptors (Lipinski definition) is 2. The molecule has 2 nitrogen and oxygen atoms in total. The first-order valence-corrected chi connectivity index (χ1v) is 8.17. The molecule has 3 aromatic carbocycles. The Labute approximate surface area is 144 Å². The molecule has 0 spiro atoms. The number of anilines is 1. The maximum Gasteiger partial charge on any atom is 0.115 e. The Kier molecular flexibility index (Phi) is 4.57. The lowest BCUT2D eigenvalue weighted by Gasteiger charge is -2.21. The molecule has 3 aromatic rings. The van der Waals surface area contributed by atoms with Crippen LogP contribution in [0.2, 0.25) is 0 Å². The fourth-order valence-electron chi connectivity index (χ4n) is 3.01. The second-order valence-corrected chi connectivity index (χ2v) is 6.42. The molecule has 0 amide bonds. The van der Waals surface area contributed by atoms with Crippen molar-refractivity contribution in [3.8, 4) is 5.75 Å². The van der Waals surface area contributed by atoms with Gasteiger partial charge in [-0.15, -0.1) is 0 Å². The Morgan fingerprint density at radius 2 is 1.33 bits per heavy atom. The first-order valence-electron chi connectivity index (χ1n) is 8.17. The summed E-state index contributed by atoms with van der Waals surface area (Å²) in [6, 6.07) is 24.8. The molecule has 0 radical (unpaired) electrons. The molecule has 0 saturated heterocycles. The van der Waals surface area contributed by atoms with Gasteiger partial charge in [-0.25, -0.2) is 0 Å². The van der Waals surface area contributed by atoms with Crippen LogP contribution in [0.15, 0.2) is 72.8 Å². The van der Waals surface area contributed by atoms with Gasteiger partial charge in [-0.05, 0) is 47.9 Å². The first kappa shape index (κ1) is 16.1. The van der Waals surface area contributed by atoms with Crippen LogP contribution in [0.1, 0.15) is 28.2 Å². The number of hydrogen-bond donors (Lipinski definition) is 1. The van der Waals surface area contributed by atoms with Gasteiger partial charge in [-0.1, -0.05) is 54.1 Å². The van der Waals surface area contributed by atoms with Crippen molar-refractivity contribution >= 4 is 5.69 Å². The first-order chi connectivity index (χ1) is 11.5. The molecule has 0 heterocycles. The predicted octanol–water partition coefficient (Wildman–Crippen LogP) is 4.95. The smallest absolute Gasteiger partial charge is 0.115 e. The van der Waals surface area contributed by atoms with E-state index in [0.29, 0.717) is 5.75 Å². The lowest BCUT2D eigenvalue weighted by Crippen LogP contribution is -2.09. The average molecular weight is 317 g/mol. The minimum Gasteiger partial charge on any atom is -0.508 e. The Bertz CT molecular complexity index is 804. The monoisotopic (exact) mass is 317 g/mol. The molecule has 3 rings (SSSR count). The van der Waals surface area contributed by atoms with E-state index in [2.05, 4.69) is 66.4 Å². The van der Waals surface area contributed by atoms with Gasteiger partial charge in [0.05, 0.1) is 0 Å². The van der Waals surface area contributed by atoms with Crippen LogP contribution in [0.4, 0.5) is 5.69 Å². The van der Waals surface area contributed by atoms with E-state index in [1.165, 1.54) is 22.4 Å². The fraction of sp³-hybridized carbons (Fsp3) is 0.182. The number of aromatic hydroxyl groups is 1. The molecule has 122 valence electrons. The Balaban J connectivity index is 2.09. The molecular weight excluding hydrogens is 294 g/mol. The van der Waals surface area contributed by atoms with Crippen molar-refractivity contribution in [1.29, 1.82) is 0 Å². The molecule has 0 saturated carbocycles. The van der Waals surface area contributed by atoms with Crippen LogP contribution < -0.4 is 4.90 Å². The number of phenols is 1. The highest BCUT2D eigenvalue weighted by Crippen LogP contribution is 2.34. The standard InChI is InChI=1S/C22H23NO/c1-16-7-9-17(10-8-16)22(19-5-4-6-21(24)15-19)18-11-13-20(14-12-18)23(2)3/h4-15,22,24H,1-3H3. The third kappa shape index (κ3) is 3.43. The normalized spacial score (nSPS) is 12.0. The molecule has 0 aliphatic carbocycles. The van der Waals surface area contributed by atoms with E-state index < -0.39 is 0 Å². The van der Waals surface area contributed by atoms with Gasteiger partial charge in [0.15, 0.2) is 0 Å². The molecule has 0 aromatic heterocycles. The summed E-state index contributed by atoms with van der Waals surface area (Å²) in [7, 11) is 4.09. The van der Waals surface area contributed by atoms with Gasteiger partial charge in [-0.3, -0.25) is 0 Å². The van der Waals surface area contributed by atoms with E-state index in [1.54, 1.807) is 6.07 Å². The maximum absolute atomic E-state index is 9.91. The quantitative estimate of drug-likeness (QED) is 0.688. The summed E-state index contributed by atoms with van der Waals surface area (Å²) in [6.45, 7) is 2.10. The van der Waals surface area contributed by atoms with Crippen molar-refractivity contribution in [1.82, 2.24) is 0 Å². The predicted molar refractivity (Wildman–Crippen MR) is 101 cm³/mol. The van der Waals surface area contributed by atoms with Crippen molar-refractivity contribution in [2.75, 3.05) is 19.0 Å². The Morgan fingerprint density at radius 1 is 0.750 bits per heavy atom. The van der Waals surface area contributed by atoms with Gasteiger partial charge < -0.3 is 10.0 Å². The van der Waals surface area contributed by atoms with Crippen LogP contribution in [0.3, 0.4) is 0 Å². The highest BCUT2D eigenvalue weighted by atomic mass is 16.3. The lowest BCUT2D eigenvalue weighted by molar-refractivity contribution is 0.474. The molecule has 2 heteroatoms. The second kappa shape index (κ2) is 6.79. The minimum absolute atomic E-state index is 0.105. The van der Waals surface area contributed by atoms with Crippen LogP contribution in [-0.4, -0.2) is 19.2 Å². The van der Waals surface area contributed by atoms with E-state index in [0.717, 1.165) is 5.56 Å².